The number of allylic oxidation sites excluding steroid dienone is 12. The molecule has 0 fully saturated rings. The van der Waals surface area contributed by atoms with Crippen LogP contribution >= 0.6 is 0 Å². The summed E-state index contributed by atoms with van der Waals surface area (Å²) in [6.45, 7) is 6.33. The second-order valence-corrected chi connectivity index (χ2v) is 18.0. The number of hydrogen-bond donors (Lipinski definition) is 3. The molecular weight excluding hydrogens is 779 g/mol. The zero-order valence-corrected chi connectivity index (χ0v) is 41.4. The average molecular weight is 880 g/mol. The number of nitrogens with one attached hydrogen (secondary N) is 1. The zero-order valence-electron chi connectivity index (χ0n) is 41.4. The summed E-state index contributed by atoms with van der Waals surface area (Å²) in [4.78, 5) is 26.1. The zero-order chi connectivity index (χ0) is 45.9. The van der Waals surface area contributed by atoms with Crippen LogP contribution in [0.4, 0.5) is 0 Å². The summed E-state index contributed by atoms with van der Waals surface area (Å²) >= 11 is 0. The van der Waals surface area contributed by atoms with Crippen LogP contribution < -0.4 is 5.32 Å². The minimum Gasteiger partial charge on any atom is -0.462 e. The number of aliphatic hydroxyl groups excluding tert-OH is 2. The molecule has 0 aromatic carbocycles. The van der Waals surface area contributed by atoms with Gasteiger partial charge in [0.1, 0.15) is 6.10 Å². The molecule has 1 amide bonds. The molecule has 0 aliphatic heterocycles. The molecule has 0 saturated carbocycles. The summed E-state index contributed by atoms with van der Waals surface area (Å²) < 4.78 is 5.90. The van der Waals surface area contributed by atoms with Crippen molar-refractivity contribution in [3.8, 4) is 0 Å². The summed E-state index contributed by atoms with van der Waals surface area (Å²) in [5, 5.41) is 23.8. The first kappa shape index (κ1) is 60.3. The van der Waals surface area contributed by atoms with Crippen molar-refractivity contribution in [1.29, 1.82) is 0 Å². The van der Waals surface area contributed by atoms with Gasteiger partial charge in [-0.3, -0.25) is 9.59 Å². The van der Waals surface area contributed by atoms with Crippen LogP contribution in [0.15, 0.2) is 72.9 Å². The van der Waals surface area contributed by atoms with Crippen molar-refractivity contribution in [2.75, 3.05) is 6.61 Å². The summed E-state index contributed by atoms with van der Waals surface area (Å²) in [6.07, 6.45) is 64.0. The van der Waals surface area contributed by atoms with Crippen molar-refractivity contribution in [3.63, 3.8) is 0 Å². The summed E-state index contributed by atoms with van der Waals surface area (Å²) in [5.74, 6) is -0.564. The molecule has 0 bridgehead atoms. The first-order chi connectivity index (χ1) is 31.0. The number of aliphatic hydroxyl groups is 2. The molecule has 6 nitrogen and oxygen atoms in total. The summed E-state index contributed by atoms with van der Waals surface area (Å²) in [6, 6.07) is -0.720. The third kappa shape index (κ3) is 45.7. The normalized spacial score (nSPS) is 13.8. The third-order valence-electron chi connectivity index (χ3n) is 11.9. The number of esters is 1. The number of amides is 1. The second-order valence-electron chi connectivity index (χ2n) is 18.0. The number of ether oxygens (including phenoxy) is 1. The topological polar surface area (TPSA) is 95.9 Å². The lowest BCUT2D eigenvalue weighted by Crippen LogP contribution is -2.46. The predicted octanol–water partition coefficient (Wildman–Crippen LogP) is 16.2. The Morgan fingerprint density at radius 2 is 0.873 bits per heavy atom. The molecule has 0 aliphatic rings. The van der Waals surface area contributed by atoms with Gasteiger partial charge in [-0.1, -0.05) is 248 Å². The van der Waals surface area contributed by atoms with Crippen molar-refractivity contribution >= 4 is 11.9 Å². The lowest BCUT2D eigenvalue weighted by atomic mass is 10.0. The van der Waals surface area contributed by atoms with Crippen LogP contribution in [0.5, 0.6) is 0 Å². The SMILES string of the molecule is CC/C=C/C=C/C=C\C=C/C=C/CCCC(=O)OC(CCCCCCCCC/C=C/CCCCCCCC)CC(=O)NC(CO)C(O)CCCCCCCCCCCCCCCC. The Morgan fingerprint density at radius 3 is 1.33 bits per heavy atom. The fourth-order valence-corrected chi connectivity index (χ4v) is 7.87. The van der Waals surface area contributed by atoms with Crippen molar-refractivity contribution in [2.45, 2.75) is 270 Å². The molecule has 0 aromatic rings. The lowest BCUT2D eigenvalue weighted by molar-refractivity contribution is -0.151. The van der Waals surface area contributed by atoms with Gasteiger partial charge in [0, 0.05) is 6.42 Å². The van der Waals surface area contributed by atoms with Gasteiger partial charge in [0.15, 0.2) is 0 Å². The highest BCUT2D eigenvalue weighted by atomic mass is 16.5. The van der Waals surface area contributed by atoms with Crippen LogP contribution in [0.2, 0.25) is 0 Å². The van der Waals surface area contributed by atoms with E-state index in [2.05, 4.69) is 50.4 Å². The van der Waals surface area contributed by atoms with Crippen molar-refractivity contribution in [1.82, 2.24) is 5.32 Å². The fourth-order valence-electron chi connectivity index (χ4n) is 7.87. The monoisotopic (exact) mass is 880 g/mol. The third-order valence-corrected chi connectivity index (χ3v) is 11.9. The number of hydrogen-bond acceptors (Lipinski definition) is 5. The molecule has 0 aliphatic carbocycles. The Bertz CT molecular complexity index is 1170. The van der Waals surface area contributed by atoms with Crippen LogP contribution in [-0.4, -0.2) is 46.9 Å². The van der Waals surface area contributed by atoms with Crippen LogP contribution in [0.3, 0.4) is 0 Å². The van der Waals surface area contributed by atoms with E-state index in [9.17, 15) is 19.8 Å². The lowest BCUT2D eigenvalue weighted by Gasteiger charge is -2.24. The minimum atomic E-state index is -0.804. The quantitative estimate of drug-likeness (QED) is 0.0245. The van der Waals surface area contributed by atoms with Gasteiger partial charge in [-0.25, -0.2) is 0 Å². The maximum atomic E-state index is 13.2. The van der Waals surface area contributed by atoms with Crippen LogP contribution in [0, 0.1) is 0 Å². The van der Waals surface area contributed by atoms with Gasteiger partial charge in [0.25, 0.3) is 0 Å². The molecule has 0 saturated heterocycles. The minimum absolute atomic E-state index is 0.0441. The Kier molecular flexibility index (Phi) is 48.1. The molecule has 63 heavy (non-hydrogen) atoms. The summed E-state index contributed by atoms with van der Waals surface area (Å²) in [5.41, 5.74) is 0. The van der Waals surface area contributed by atoms with E-state index < -0.39 is 18.2 Å². The maximum absolute atomic E-state index is 13.2. The number of unbranched alkanes of at least 4 members (excludes halogenated alkanes) is 27. The molecule has 364 valence electrons. The largest absolute Gasteiger partial charge is 0.462 e. The van der Waals surface area contributed by atoms with Gasteiger partial charge < -0.3 is 20.3 Å². The average Bonchev–Trinajstić information content (AvgIpc) is 3.28. The predicted molar refractivity (Wildman–Crippen MR) is 273 cm³/mol. The Morgan fingerprint density at radius 1 is 0.476 bits per heavy atom. The van der Waals surface area contributed by atoms with E-state index in [0.29, 0.717) is 25.7 Å². The Balaban J connectivity index is 4.67. The maximum Gasteiger partial charge on any atom is 0.306 e. The molecule has 0 heterocycles. The van der Waals surface area contributed by atoms with Gasteiger partial charge in [-0.2, -0.15) is 0 Å². The van der Waals surface area contributed by atoms with Gasteiger partial charge in [-0.15, -0.1) is 0 Å². The molecule has 3 atom stereocenters. The molecule has 0 rings (SSSR count). The van der Waals surface area contributed by atoms with Gasteiger partial charge in [-0.05, 0) is 64.2 Å². The van der Waals surface area contributed by atoms with Crippen molar-refractivity contribution < 1.29 is 24.5 Å². The Hall–Kier alpha value is -2.70. The standard InChI is InChI=1S/C57H101NO5/c1-4-7-10-13-16-19-22-25-27-28-29-31-33-36-39-42-45-48-53(63-57(62)50-47-44-41-38-35-30-24-21-18-15-12-9-6-3)51-56(61)58-54(52-59)55(60)49-46-43-40-37-34-32-26-23-20-17-14-11-8-5-2/h9,12,15,18,21,24-25,27,30,35,38,41,53-55,59-60H,4-8,10-11,13-14,16-17,19-20,22-23,26,28-29,31-34,36-37,39-40,42-52H2,1-3H3,(H,58,61)/b12-9+,18-15+,24-21-,27-25+,35-30-,41-38+. The van der Waals surface area contributed by atoms with Gasteiger partial charge in [0.2, 0.25) is 5.91 Å². The van der Waals surface area contributed by atoms with E-state index in [0.717, 1.165) is 51.4 Å². The fraction of sp³-hybridized carbons (Fsp3) is 0.754. The van der Waals surface area contributed by atoms with E-state index in [1.807, 2.05) is 48.6 Å². The molecule has 3 N–H and O–H groups in total. The molecule has 0 radical (unpaired) electrons. The van der Waals surface area contributed by atoms with Crippen LogP contribution in [-0.2, 0) is 14.3 Å². The smallest absolute Gasteiger partial charge is 0.306 e. The van der Waals surface area contributed by atoms with Crippen molar-refractivity contribution in [3.05, 3.63) is 72.9 Å². The molecule has 0 spiro atoms. The second kappa shape index (κ2) is 50.3. The highest BCUT2D eigenvalue weighted by Crippen LogP contribution is 2.18. The van der Waals surface area contributed by atoms with E-state index in [-0.39, 0.29) is 24.9 Å². The van der Waals surface area contributed by atoms with Crippen molar-refractivity contribution in [2.24, 2.45) is 0 Å². The number of rotatable bonds is 47. The molecule has 6 heteroatoms. The van der Waals surface area contributed by atoms with E-state index in [1.165, 1.54) is 148 Å². The van der Waals surface area contributed by atoms with Gasteiger partial charge >= 0.3 is 5.97 Å². The highest BCUT2D eigenvalue weighted by Gasteiger charge is 2.24. The van der Waals surface area contributed by atoms with Crippen LogP contribution in [0.25, 0.3) is 0 Å². The molecule has 3 unspecified atom stereocenters. The highest BCUT2D eigenvalue weighted by molar-refractivity contribution is 5.77. The van der Waals surface area contributed by atoms with Crippen LogP contribution in [0.1, 0.15) is 252 Å². The number of carbonyl (C=O) groups excluding carboxylic acids is 2. The Labute approximate surface area is 390 Å². The number of carbonyl (C=O) groups is 2. The van der Waals surface area contributed by atoms with E-state index in [1.54, 1.807) is 0 Å². The molecule has 0 aromatic heterocycles. The first-order valence-electron chi connectivity index (χ1n) is 26.7. The summed E-state index contributed by atoms with van der Waals surface area (Å²) in [7, 11) is 0. The first-order valence-corrected chi connectivity index (χ1v) is 26.7. The molecular formula is C57H101NO5. The van der Waals surface area contributed by atoms with E-state index in [4.69, 9.17) is 4.74 Å². The van der Waals surface area contributed by atoms with E-state index >= 15 is 0 Å². The van der Waals surface area contributed by atoms with Gasteiger partial charge in [0.05, 0.1) is 25.2 Å².